The number of hydrogen-bond donors (Lipinski definition) is 1. The van der Waals surface area contributed by atoms with Gasteiger partial charge in [0, 0.05) is 18.8 Å². The minimum atomic E-state index is -0.469. The molecule has 7 heteroatoms. The van der Waals surface area contributed by atoms with Gasteiger partial charge >= 0.3 is 6.09 Å². The van der Waals surface area contributed by atoms with Gasteiger partial charge in [0.2, 0.25) is 0 Å². The summed E-state index contributed by atoms with van der Waals surface area (Å²) in [4.78, 5) is 20.3. The number of ether oxygens (including phenoxy) is 1. The molecule has 0 bridgehead atoms. The number of nitrogens with one attached hydrogen (secondary N) is 1. The predicted molar refractivity (Wildman–Crippen MR) is 97.9 cm³/mol. The molecule has 0 aromatic carbocycles. The number of halogens is 1. The molecule has 3 rings (SSSR count). The van der Waals surface area contributed by atoms with E-state index in [1.165, 1.54) is 6.33 Å². The lowest BCUT2D eigenvalue weighted by atomic mass is 10.1. The Morgan fingerprint density at radius 3 is 2.88 bits per heavy atom. The SMILES string of the molecule is Cc1cn([C@H]2CC[C@@H](CNC(=O)OC(C)(C)C)C2)c2ncnc(Cl)c12. The van der Waals surface area contributed by atoms with Gasteiger partial charge in [0.25, 0.3) is 0 Å². The van der Waals surface area contributed by atoms with E-state index in [-0.39, 0.29) is 6.09 Å². The second kappa shape index (κ2) is 6.83. The second-order valence-corrected chi connectivity index (χ2v) is 8.16. The maximum atomic E-state index is 11.8. The van der Waals surface area contributed by atoms with Gasteiger partial charge in [0.05, 0.1) is 5.39 Å². The van der Waals surface area contributed by atoms with Crippen LogP contribution in [-0.2, 0) is 4.74 Å². The van der Waals surface area contributed by atoms with Gasteiger partial charge in [-0.25, -0.2) is 14.8 Å². The number of aromatic nitrogens is 3. The van der Waals surface area contributed by atoms with E-state index in [1.54, 1.807) is 0 Å². The van der Waals surface area contributed by atoms with Gasteiger partial charge in [-0.3, -0.25) is 0 Å². The summed E-state index contributed by atoms with van der Waals surface area (Å²) in [5.41, 5.74) is 1.52. The highest BCUT2D eigenvalue weighted by atomic mass is 35.5. The summed E-state index contributed by atoms with van der Waals surface area (Å²) in [6.45, 7) is 8.27. The van der Waals surface area contributed by atoms with E-state index in [0.717, 1.165) is 35.9 Å². The van der Waals surface area contributed by atoms with Crippen molar-refractivity contribution in [2.75, 3.05) is 6.54 Å². The van der Waals surface area contributed by atoms with Crippen molar-refractivity contribution < 1.29 is 9.53 Å². The summed E-state index contributed by atoms with van der Waals surface area (Å²) >= 11 is 6.22. The third-order valence-corrected chi connectivity index (χ3v) is 4.88. The molecule has 0 spiro atoms. The van der Waals surface area contributed by atoms with E-state index in [1.807, 2.05) is 27.7 Å². The van der Waals surface area contributed by atoms with Crippen LogP contribution < -0.4 is 5.32 Å². The van der Waals surface area contributed by atoms with E-state index in [0.29, 0.717) is 23.7 Å². The fourth-order valence-electron chi connectivity index (χ4n) is 3.53. The van der Waals surface area contributed by atoms with Crippen LogP contribution in [-0.4, -0.2) is 32.8 Å². The lowest BCUT2D eigenvalue weighted by Gasteiger charge is -2.20. The summed E-state index contributed by atoms with van der Waals surface area (Å²) in [6, 6.07) is 0.368. The van der Waals surface area contributed by atoms with Crippen molar-refractivity contribution in [3.05, 3.63) is 23.2 Å². The minimum absolute atomic E-state index is 0.349. The number of alkyl carbamates (subject to hydrolysis) is 1. The molecule has 2 atom stereocenters. The van der Waals surface area contributed by atoms with Crippen molar-refractivity contribution in [3.63, 3.8) is 0 Å². The quantitative estimate of drug-likeness (QED) is 0.826. The van der Waals surface area contributed by atoms with Crippen LogP contribution in [0.5, 0.6) is 0 Å². The van der Waals surface area contributed by atoms with Gasteiger partial charge in [-0.1, -0.05) is 11.6 Å². The molecule has 1 amide bonds. The largest absolute Gasteiger partial charge is 0.444 e. The van der Waals surface area contributed by atoms with E-state index < -0.39 is 5.60 Å². The number of rotatable bonds is 3. The molecule has 1 fully saturated rings. The molecule has 1 N–H and O–H groups in total. The van der Waals surface area contributed by atoms with Gasteiger partial charge < -0.3 is 14.6 Å². The van der Waals surface area contributed by atoms with Crippen molar-refractivity contribution in [3.8, 4) is 0 Å². The number of aryl methyl sites for hydroxylation is 1. The van der Waals surface area contributed by atoms with Crippen LogP contribution in [0, 0.1) is 12.8 Å². The molecule has 2 aromatic rings. The number of nitrogens with zero attached hydrogens (tertiary/aromatic N) is 3. The Balaban J connectivity index is 1.64. The highest BCUT2D eigenvalue weighted by Gasteiger charge is 2.28. The average molecular weight is 365 g/mol. The van der Waals surface area contributed by atoms with Gasteiger partial charge in [0.15, 0.2) is 0 Å². The molecule has 0 unspecified atom stereocenters. The third-order valence-electron chi connectivity index (χ3n) is 4.59. The number of amides is 1. The molecule has 2 heterocycles. The molecule has 1 aliphatic rings. The average Bonchev–Trinajstić information content (AvgIpc) is 3.09. The van der Waals surface area contributed by atoms with Gasteiger partial charge in [-0.15, -0.1) is 0 Å². The zero-order chi connectivity index (χ0) is 18.2. The molecule has 1 saturated carbocycles. The number of fused-ring (bicyclic) bond motifs is 1. The molecule has 0 saturated heterocycles. The van der Waals surface area contributed by atoms with Crippen molar-refractivity contribution in [2.45, 2.75) is 58.6 Å². The standard InChI is InChI=1S/C18H25ClN4O2/c1-11-9-23(16-14(11)15(19)21-10-22-16)13-6-5-12(7-13)8-20-17(24)25-18(2,3)4/h9-10,12-13H,5-8H2,1-4H3,(H,20,24)/t12-,13+/m1/s1. The Hall–Kier alpha value is -1.82. The van der Waals surface area contributed by atoms with Crippen molar-refractivity contribution in [1.82, 2.24) is 19.9 Å². The Bertz CT molecular complexity index is 781. The van der Waals surface area contributed by atoms with Gasteiger partial charge in [-0.05, 0) is 58.4 Å². The molecular formula is C18H25ClN4O2. The van der Waals surface area contributed by atoms with Gasteiger partial charge in [-0.2, -0.15) is 0 Å². The van der Waals surface area contributed by atoms with Crippen molar-refractivity contribution in [2.24, 2.45) is 5.92 Å². The number of carbonyl (C=O) groups is 1. The van der Waals surface area contributed by atoms with Crippen LogP contribution in [0.15, 0.2) is 12.5 Å². The topological polar surface area (TPSA) is 69.0 Å². The molecule has 6 nitrogen and oxygen atoms in total. The smallest absolute Gasteiger partial charge is 0.407 e. The minimum Gasteiger partial charge on any atom is -0.444 e. The fourth-order valence-corrected chi connectivity index (χ4v) is 3.81. The summed E-state index contributed by atoms with van der Waals surface area (Å²) in [5, 5.41) is 4.32. The molecule has 0 radical (unpaired) electrons. The Morgan fingerprint density at radius 1 is 1.40 bits per heavy atom. The first-order valence-electron chi connectivity index (χ1n) is 8.69. The zero-order valence-corrected chi connectivity index (χ0v) is 15.9. The van der Waals surface area contributed by atoms with E-state index in [9.17, 15) is 4.79 Å². The third kappa shape index (κ3) is 4.06. The summed E-state index contributed by atoms with van der Waals surface area (Å²) in [7, 11) is 0. The zero-order valence-electron chi connectivity index (χ0n) is 15.2. The van der Waals surface area contributed by atoms with E-state index in [4.69, 9.17) is 16.3 Å². The lowest BCUT2D eigenvalue weighted by molar-refractivity contribution is 0.0519. The summed E-state index contributed by atoms with van der Waals surface area (Å²) in [6.07, 6.45) is 6.40. The number of carbonyl (C=O) groups excluding carboxylic acids is 1. The highest BCUT2D eigenvalue weighted by molar-refractivity contribution is 6.34. The Labute approximate surface area is 152 Å². The normalized spacial score (nSPS) is 20.8. The molecule has 2 aromatic heterocycles. The molecule has 25 heavy (non-hydrogen) atoms. The van der Waals surface area contributed by atoms with E-state index >= 15 is 0 Å². The lowest BCUT2D eigenvalue weighted by Crippen LogP contribution is -2.34. The first kappa shape index (κ1) is 18.0. The van der Waals surface area contributed by atoms with Crippen LogP contribution in [0.2, 0.25) is 5.15 Å². The molecule has 136 valence electrons. The second-order valence-electron chi connectivity index (χ2n) is 7.80. The highest BCUT2D eigenvalue weighted by Crippen LogP contribution is 2.37. The maximum absolute atomic E-state index is 11.8. The van der Waals surface area contributed by atoms with Crippen LogP contribution >= 0.6 is 11.6 Å². The Morgan fingerprint density at radius 2 is 2.16 bits per heavy atom. The molecule has 0 aliphatic heterocycles. The first-order chi connectivity index (χ1) is 11.7. The van der Waals surface area contributed by atoms with Gasteiger partial charge in [0.1, 0.15) is 22.7 Å². The van der Waals surface area contributed by atoms with Crippen molar-refractivity contribution >= 4 is 28.7 Å². The molecule has 1 aliphatic carbocycles. The van der Waals surface area contributed by atoms with Crippen molar-refractivity contribution in [1.29, 1.82) is 0 Å². The fraction of sp³-hybridized carbons (Fsp3) is 0.611. The summed E-state index contributed by atoms with van der Waals surface area (Å²) < 4.78 is 7.51. The monoisotopic (exact) mass is 364 g/mol. The molecular weight excluding hydrogens is 340 g/mol. The van der Waals surface area contributed by atoms with E-state index in [2.05, 4.69) is 26.0 Å². The Kier molecular flexibility index (Phi) is 4.91. The summed E-state index contributed by atoms with van der Waals surface area (Å²) in [5.74, 6) is 0.438. The van der Waals surface area contributed by atoms with Crippen LogP contribution in [0.3, 0.4) is 0 Å². The van der Waals surface area contributed by atoms with Crippen LogP contribution in [0.1, 0.15) is 51.6 Å². The predicted octanol–water partition coefficient (Wildman–Crippen LogP) is 4.26. The number of hydrogen-bond acceptors (Lipinski definition) is 4. The first-order valence-corrected chi connectivity index (χ1v) is 9.07. The van der Waals surface area contributed by atoms with Crippen LogP contribution in [0.25, 0.3) is 11.0 Å². The van der Waals surface area contributed by atoms with Crippen LogP contribution in [0.4, 0.5) is 4.79 Å². The maximum Gasteiger partial charge on any atom is 0.407 e.